The van der Waals surface area contributed by atoms with Crippen LogP contribution in [0.1, 0.15) is 16.8 Å². The third-order valence-electron chi connectivity index (χ3n) is 4.92. The van der Waals surface area contributed by atoms with Crippen molar-refractivity contribution in [3.8, 4) is 0 Å². The highest BCUT2D eigenvalue weighted by Gasteiger charge is 2.44. The van der Waals surface area contributed by atoms with Crippen LogP contribution in [-0.4, -0.2) is 44.0 Å². The molecule has 10 heteroatoms. The Hall–Kier alpha value is -2.47. The van der Waals surface area contributed by atoms with Crippen molar-refractivity contribution in [1.29, 1.82) is 0 Å². The number of benzene rings is 1. The van der Waals surface area contributed by atoms with Gasteiger partial charge in [-0.3, -0.25) is 10.1 Å². The number of rotatable bonds is 6. The molecule has 1 aromatic rings. The summed E-state index contributed by atoms with van der Waals surface area (Å²) >= 11 is 1.86. The van der Waals surface area contributed by atoms with Crippen LogP contribution in [0.15, 0.2) is 41.7 Å². The number of halogens is 1. The maximum absolute atomic E-state index is 12.5. The quantitative estimate of drug-likeness (QED) is 0.187. The first-order valence-electron chi connectivity index (χ1n) is 8.64. The van der Waals surface area contributed by atoms with E-state index in [4.69, 9.17) is 18.9 Å². The Morgan fingerprint density at radius 1 is 1.31 bits per heavy atom. The molecular weight excluding hydrogens is 497 g/mol. The molecule has 0 unspecified atom stereocenters. The third-order valence-corrected chi connectivity index (χ3v) is 5.82. The fourth-order valence-electron chi connectivity index (χ4n) is 3.50. The Bertz CT molecular complexity index is 909. The van der Waals surface area contributed by atoms with Gasteiger partial charge >= 0.3 is 11.9 Å². The van der Waals surface area contributed by atoms with E-state index < -0.39 is 23.2 Å². The largest absolute Gasteiger partial charge is 0.471 e. The van der Waals surface area contributed by atoms with Crippen molar-refractivity contribution in [3.63, 3.8) is 0 Å². The minimum absolute atomic E-state index is 0.00919. The van der Waals surface area contributed by atoms with E-state index in [9.17, 15) is 19.7 Å². The molecule has 0 N–H and O–H groups in total. The third kappa shape index (κ3) is 4.27. The van der Waals surface area contributed by atoms with Crippen LogP contribution < -0.4 is 0 Å². The molecule has 29 heavy (non-hydrogen) atoms. The molecule has 0 aromatic heterocycles. The molecule has 0 fully saturated rings. The molecule has 3 atom stereocenters. The summed E-state index contributed by atoms with van der Waals surface area (Å²) in [4.78, 5) is 34.8. The zero-order valence-corrected chi connectivity index (χ0v) is 17.8. The molecule has 1 heterocycles. The number of hydrogen-bond donors (Lipinski definition) is 0. The van der Waals surface area contributed by atoms with Crippen LogP contribution in [0.4, 0.5) is 5.69 Å². The second kappa shape index (κ2) is 8.91. The Labute approximate surface area is 179 Å². The number of carbonyl (C=O) groups is 2. The van der Waals surface area contributed by atoms with Crippen molar-refractivity contribution < 1.29 is 33.5 Å². The van der Waals surface area contributed by atoms with E-state index in [0.29, 0.717) is 15.6 Å². The van der Waals surface area contributed by atoms with Gasteiger partial charge in [-0.1, -0.05) is 6.08 Å². The second-order valence-electron chi connectivity index (χ2n) is 6.45. The van der Waals surface area contributed by atoms with Gasteiger partial charge in [0.05, 0.1) is 35.3 Å². The predicted molar refractivity (Wildman–Crippen MR) is 108 cm³/mol. The Balaban J connectivity index is 1.71. The number of hydrogen-bond acceptors (Lipinski definition) is 8. The van der Waals surface area contributed by atoms with E-state index in [1.165, 1.54) is 38.7 Å². The van der Waals surface area contributed by atoms with Crippen molar-refractivity contribution in [2.75, 3.05) is 20.8 Å². The zero-order valence-electron chi connectivity index (χ0n) is 15.6. The van der Waals surface area contributed by atoms with E-state index in [-0.39, 0.29) is 29.7 Å². The van der Waals surface area contributed by atoms with Crippen molar-refractivity contribution in [2.45, 2.75) is 12.7 Å². The number of carbonyl (C=O) groups excluding carboxylic acids is 2. The average molecular weight is 515 g/mol. The van der Waals surface area contributed by atoms with E-state index in [2.05, 4.69) is 0 Å². The number of methoxy groups -OCH3 is 2. The Morgan fingerprint density at radius 2 is 2.07 bits per heavy atom. The Kier molecular flexibility index (Phi) is 6.52. The van der Waals surface area contributed by atoms with E-state index in [0.717, 1.165) is 5.57 Å². The van der Waals surface area contributed by atoms with Gasteiger partial charge in [0.15, 0.2) is 0 Å². The summed E-state index contributed by atoms with van der Waals surface area (Å²) in [6.07, 6.45) is 3.22. The normalized spacial score (nSPS) is 22.7. The lowest BCUT2D eigenvalue weighted by atomic mass is 9.83. The average Bonchev–Trinajstić information content (AvgIpc) is 3.14. The second-order valence-corrected chi connectivity index (χ2v) is 7.61. The van der Waals surface area contributed by atoms with E-state index in [1.54, 1.807) is 0 Å². The smallest absolute Gasteiger partial charge is 0.339 e. The highest BCUT2D eigenvalue weighted by Crippen LogP contribution is 2.43. The summed E-state index contributed by atoms with van der Waals surface area (Å²) in [7, 11) is 2.80. The van der Waals surface area contributed by atoms with E-state index >= 15 is 0 Å². The number of nitro groups is 1. The molecule has 3 rings (SSSR count). The summed E-state index contributed by atoms with van der Waals surface area (Å²) in [6.45, 7) is -0.00919. The van der Waals surface area contributed by atoms with Crippen molar-refractivity contribution in [1.82, 2.24) is 0 Å². The van der Waals surface area contributed by atoms with Crippen LogP contribution in [0.3, 0.4) is 0 Å². The topological polar surface area (TPSA) is 114 Å². The van der Waals surface area contributed by atoms with Gasteiger partial charge < -0.3 is 18.9 Å². The number of allylic oxidation sites excluding steroid dienone is 1. The van der Waals surface area contributed by atoms with Gasteiger partial charge in [-0.15, -0.1) is 0 Å². The van der Waals surface area contributed by atoms with Crippen LogP contribution >= 0.6 is 22.6 Å². The summed E-state index contributed by atoms with van der Waals surface area (Å²) in [5, 5.41) is 10.8. The van der Waals surface area contributed by atoms with Crippen LogP contribution in [0, 0.1) is 25.5 Å². The highest BCUT2D eigenvalue weighted by molar-refractivity contribution is 14.1. The van der Waals surface area contributed by atoms with E-state index in [1.807, 2.05) is 28.7 Å². The fourth-order valence-corrected chi connectivity index (χ4v) is 4.22. The zero-order chi connectivity index (χ0) is 21.1. The number of nitrogens with zero attached hydrogens (tertiary/aromatic N) is 1. The molecule has 0 radical (unpaired) electrons. The molecule has 9 nitrogen and oxygen atoms in total. The van der Waals surface area contributed by atoms with Gasteiger partial charge in [-0.25, -0.2) is 9.59 Å². The molecule has 0 bridgehead atoms. The number of nitro benzene ring substituents is 1. The number of fused-ring (bicyclic) bond motifs is 1. The van der Waals surface area contributed by atoms with Gasteiger partial charge in [-0.05, 0) is 40.7 Å². The first kappa shape index (κ1) is 21.2. The lowest BCUT2D eigenvalue weighted by Gasteiger charge is -2.33. The standard InChI is InChI=1S/C19H18INO8/c1-26-17(22)14-9-29-19(27-2)16-10(3-5-12(14)16)8-28-18(23)13-6-4-11(21(24)25)7-15(13)20/h3-4,6-7,9,12,16,19H,5,8H2,1-2H3/t12-,16-,19-/m1/s1. The molecular formula is C19H18INO8. The molecule has 0 amide bonds. The molecule has 1 aliphatic carbocycles. The maximum atomic E-state index is 12.5. The SMILES string of the molecule is COC(=O)C1=CO[C@@H](OC)[C@@H]2C(COC(=O)c3ccc([N+](=O)[O-])cc3I)=CC[C@H]12. The highest BCUT2D eigenvalue weighted by atomic mass is 127. The molecule has 154 valence electrons. The number of ether oxygens (including phenoxy) is 4. The van der Waals surface area contributed by atoms with Crippen LogP contribution in [0.25, 0.3) is 0 Å². The van der Waals surface area contributed by atoms with Gasteiger partial charge in [0.25, 0.3) is 5.69 Å². The molecule has 2 aliphatic rings. The first-order valence-corrected chi connectivity index (χ1v) is 9.71. The summed E-state index contributed by atoms with van der Waals surface area (Å²) in [6, 6.07) is 3.94. The molecule has 0 saturated heterocycles. The summed E-state index contributed by atoms with van der Waals surface area (Å²) in [5.41, 5.74) is 1.33. The maximum Gasteiger partial charge on any atom is 0.339 e. The summed E-state index contributed by atoms with van der Waals surface area (Å²) in [5.74, 6) is -1.54. The lowest BCUT2D eigenvalue weighted by molar-refractivity contribution is -0.384. The van der Waals surface area contributed by atoms with Crippen LogP contribution in [0.2, 0.25) is 0 Å². The monoisotopic (exact) mass is 515 g/mol. The summed E-state index contributed by atoms with van der Waals surface area (Å²) < 4.78 is 21.6. The minimum Gasteiger partial charge on any atom is -0.471 e. The van der Waals surface area contributed by atoms with Crippen molar-refractivity contribution in [2.24, 2.45) is 11.8 Å². The predicted octanol–water partition coefficient (Wildman–Crippen LogP) is 2.98. The minimum atomic E-state index is -0.611. The van der Waals surface area contributed by atoms with Gasteiger partial charge in [-0.2, -0.15) is 0 Å². The Morgan fingerprint density at radius 3 is 2.69 bits per heavy atom. The van der Waals surface area contributed by atoms with Crippen molar-refractivity contribution >= 4 is 40.2 Å². The molecule has 0 spiro atoms. The molecule has 0 saturated carbocycles. The van der Waals surface area contributed by atoms with Crippen LogP contribution in [-0.2, 0) is 23.7 Å². The van der Waals surface area contributed by atoms with Gasteiger partial charge in [0, 0.05) is 28.7 Å². The lowest BCUT2D eigenvalue weighted by Crippen LogP contribution is -2.37. The van der Waals surface area contributed by atoms with Gasteiger partial charge in [0.1, 0.15) is 6.61 Å². The molecule has 1 aromatic carbocycles. The number of esters is 2. The fraction of sp³-hybridized carbons (Fsp3) is 0.368. The first-order chi connectivity index (χ1) is 13.9. The molecule has 1 aliphatic heterocycles. The van der Waals surface area contributed by atoms with Crippen molar-refractivity contribution in [3.05, 3.63) is 60.9 Å². The van der Waals surface area contributed by atoms with Crippen LogP contribution in [0.5, 0.6) is 0 Å². The number of non-ortho nitro benzene ring substituents is 1. The van der Waals surface area contributed by atoms with Gasteiger partial charge in [0.2, 0.25) is 6.29 Å².